The fraction of sp³-hybridized carbons (Fsp3) is 0.154. The lowest BCUT2D eigenvalue weighted by Gasteiger charge is -1.98. The van der Waals surface area contributed by atoms with E-state index in [1.54, 1.807) is 6.20 Å². The summed E-state index contributed by atoms with van der Waals surface area (Å²) in [6, 6.07) is 9.98. The van der Waals surface area contributed by atoms with Crippen molar-refractivity contribution in [3.63, 3.8) is 0 Å². The molecule has 0 spiro atoms. The fourth-order valence-electron chi connectivity index (χ4n) is 1.71. The number of aromatic nitrogens is 3. The van der Waals surface area contributed by atoms with Crippen molar-refractivity contribution < 1.29 is 4.52 Å². The molecule has 0 bridgehead atoms. The van der Waals surface area contributed by atoms with Crippen LogP contribution in [-0.4, -0.2) is 15.1 Å². The van der Waals surface area contributed by atoms with E-state index in [1.165, 1.54) is 0 Å². The minimum absolute atomic E-state index is 0.597. The maximum absolute atomic E-state index is 5.09. The van der Waals surface area contributed by atoms with Crippen molar-refractivity contribution >= 4 is 10.9 Å². The molecule has 0 aliphatic rings. The van der Waals surface area contributed by atoms with Crippen LogP contribution in [0.4, 0.5) is 0 Å². The summed E-state index contributed by atoms with van der Waals surface area (Å²) < 4.78 is 5.09. The number of nitrogens with zero attached hydrogens (tertiary/aromatic N) is 3. The van der Waals surface area contributed by atoms with E-state index in [0.29, 0.717) is 11.7 Å². The molecule has 0 aliphatic heterocycles. The van der Waals surface area contributed by atoms with Crippen LogP contribution in [-0.2, 0) is 6.42 Å². The first-order valence-corrected chi connectivity index (χ1v) is 5.54. The van der Waals surface area contributed by atoms with Crippen LogP contribution in [0, 0.1) is 0 Å². The summed E-state index contributed by atoms with van der Waals surface area (Å²) in [5, 5.41) is 5.01. The molecule has 0 amide bonds. The molecule has 2 heterocycles. The smallest absolute Gasteiger partial charge is 0.226 e. The van der Waals surface area contributed by atoms with Crippen molar-refractivity contribution in [3.05, 3.63) is 42.4 Å². The predicted octanol–water partition coefficient (Wildman–Crippen LogP) is 2.85. The summed E-state index contributed by atoms with van der Waals surface area (Å²) in [4.78, 5) is 8.66. The molecule has 0 aliphatic carbocycles. The largest absolute Gasteiger partial charge is 0.339 e. The van der Waals surface area contributed by atoms with Crippen molar-refractivity contribution in [2.45, 2.75) is 13.3 Å². The average Bonchev–Trinajstić information content (AvgIpc) is 2.87. The molecule has 0 N–H and O–H groups in total. The number of benzene rings is 1. The number of para-hydroxylation sites is 1. The Bertz CT molecular complexity index is 660. The maximum Gasteiger partial charge on any atom is 0.226 e. The van der Waals surface area contributed by atoms with Gasteiger partial charge in [0.15, 0.2) is 0 Å². The van der Waals surface area contributed by atoms with Gasteiger partial charge in [-0.25, -0.2) is 0 Å². The van der Waals surface area contributed by atoms with Gasteiger partial charge in [0, 0.05) is 23.6 Å². The average molecular weight is 225 g/mol. The van der Waals surface area contributed by atoms with E-state index in [1.807, 2.05) is 37.3 Å². The molecule has 2 aromatic heterocycles. The van der Waals surface area contributed by atoms with Crippen molar-refractivity contribution in [2.24, 2.45) is 0 Å². The molecule has 4 nitrogen and oxygen atoms in total. The summed E-state index contributed by atoms with van der Waals surface area (Å²) in [7, 11) is 0. The summed E-state index contributed by atoms with van der Waals surface area (Å²) in [6.07, 6.45) is 2.51. The molecule has 3 aromatic rings. The zero-order valence-electron chi connectivity index (χ0n) is 9.42. The van der Waals surface area contributed by atoms with Crippen molar-refractivity contribution in [1.29, 1.82) is 0 Å². The second-order valence-corrected chi connectivity index (χ2v) is 3.78. The zero-order valence-corrected chi connectivity index (χ0v) is 9.42. The molecule has 4 heteroatoms. The van der Waals surface area contributed by atoms with E-state index in [4.69, 9.17) is 4.52 Å². The standard InChI is InChI=1S/C13H11N3O/c1-2-12-15-13(16-17-12)10-7-9-5-3-4-6-11(9)14-8-10/h3-8H,2H2,1H3. The van der Waals surface area contributed by atoms with E-state index in [2.05, 4.69) is 15.1 Å². The highest BCUT2D eigenvalue weighted by Gasteiger charge is 2.08. The Labute approximate surface area is 98.3 Å². The molecular formula is C13H11N3O. The predicted molar refractivity (Wildman–Crippen MR) is 64.4 cm³/mol. The number of hydrogen-bond acceptors (Lipinski definition) is 4. The molecule has 3 rings (SSSR count). The molecular weight excluding hydrogens is 214 g/mol. The lowest BCUT2D eigenvalue weighted by molar-refractivity contribution is 0.383. The van der Waals surface area contributed by atoms with E-state index < -0.39 is 0 Å². The van der Waals surface area contributed by atoms with Gasteiger partial charge in [-0.15, -0.1) is 0 Å². The molecule has 84 valence electrons. The van der Waals surface area contributed by atoms with Crippen LogP contribution in [0.25, 0.3) is 22.3 Å². The maximum atomic E-state index is 5.09. The first-order valence-electron chi connectivity index (χ1n) is 5.54. The van der Waals surface area contributed by atoms with E-state index in [9.17, 15) is 0 Å². The SMILES string of the molecule is CCc1nc(-c2cnc3ccccc3c2)no1. The topological polar surface area (TPSA) is 51.8 Å². The molecule has 0 unspecified atom stereocenters. The highest BCUT2D eigenvalue weighted by molar-refractivity contribution is 5.82. The third-order valence-electron chi connectivity index (χ3n) is 2.62. The number of aryl methyl sites for hydroxylation is 1. The van der Waals surface area contributed by atoms with Crippen LogP contribution >= 0.6 is 0 Å². The molecule has 0 saturated heterocycles. The Morgan fingerprint density at radius 3 is 2.94 bits per heavy atom. The van der Waals surface area contributed by atoms with Gasteiger partial charge in [0.05, 0.1) is 5.52 Å². The minimum Gasteiger partial charge on any atom is -0.339 e. The third-order valence-corrected chi connectivity index (χ3v) is 2.62. The lowest BCUT2D eigenvalue weighted by atomic mass is 10.1. The van der Waals surface area contributed by atoms with E-state index in [-0.39, 0.29) is 0 Å². The number of fused-ring (bicyclic) bond motifs is 1. The molecule has 0 atom stereocenters. The van der Waals surface area contributed by atoms with Gasteiger partial charge in [-0.2, -0.15) is 4.98 Å². The second-order valence-electron chi connectivity index (χ2n) is 3.78. The fourth-order valence-corrected chi connectivity index (χ4v) is 1.71. The Morgan fingerprint density at radius 2 is 2.12 bits per heavy atom. The molecule has 17 heavy (non-hydrogen) atoms. The van der Waals surface area contributed by atoms with E-state index in [0.717, 1.165) is 22.9 Å². The van der Waals surface area contributed by atoms with Crippen molar-refractivity contribution in [1.82, 2.24) is 15.1 Å². The Balaban J connectivity index is 2.11. The highest BCUT2D eigenvalue weighted by atomic mass is 16.5. The Hall–Kier alpha value is -2.23. The van der Waals surface area contributed by atoms with Crippen LogP contribution in [0.2, 0.25) is 0 Å². The summed E-state index contributed by atoms with van der Waals surface area (Å²) in [5.41, 5.74) is 1.85. The monoisotopic (exact) mass is 225 g/mol. The van der Waals surface area contributed by atoms with Gasteiger partial charge in [0.2, 0.25) is 11.7 Å². The summed E-state index contributed by atoms with van der Waals surface area (Å²) in [5.74, 6) is 1.24. The van der Waals surface area contributed by atoms with E-state index >= 15 is 0 Å². The lowest BCUT2D eigenvalue weighted by Crippen LogP contribution is -1.85. The third kappa shape index (κ3) is 1.78. The zero-order chi connectivity index (χ0) is 11.7. The molecule has 0 saturated carbocycles. The quantitative estimate of drug-likeness (QED) is 0.673. The first-order chi connectivity index (χ1) is 8.36. The van der Waals surface area contributed by atoms with Gasteiger partial charge in [-0.1, -0.05) is 30.3 Å². The summed E-state index contributed by atoms with van der Waals surface area (Å²) >= 11 is 0. The van der Waals surface area contributed by atoms with Gasteiger partial charge < -0.3 is 4.52 Å². The molecule has 1 aromatic carbocycles. The van der Waals surface area contributed by atoms with Crippen LogP contribution in [0.5, 0.6) is 0 Å². The molecule has 0 fully saturated rings. The van der Waals surface area contributed by atoms with Gasteiger partial charge in [-0.3, -0.25) is 4.98 Å². The van der Waals surface area contributed by atoms with Crippen LogP contribution < -0.4 is 0 Å². The van der Waals surface area contributed by atoms with Gasteiger partial charge >= 0.3 is 0 Å². The Kier molecular flexibility index (Phi) is 2.33. The van der Waals surface area contributed by atoms with Gasteiger partial charge in [0.1, 0.15) is 0 Å². The van der Waals surface area contributed by atoms with Crippen LogP contribution in [0.1, 0.15) is 12.8 Å². The number of hydrogen-bond donors (Lipinski definition) is 0. The Morgan fingerprint density at radius 1 is 1.24 bits per heavy atom. The van der Waals surface area contributed by atoms with Crippen molar-refractivity contribution in [2.75, 3.05) is 0 Å². The molecule has 0 radical (unpaired) electrons. The van der Waals surface area contributed by atoms with Gasteiger partial charge in [0.25, 0.3) is 0 Å². The number of pyridine rings is 1. The minimum atomic E-state index is 0.597. The van der Waals surface area contributed by atoms with Crippen LogP contribution in [0.3, 0.4) is 0 Å². The van der Waals surface area contributed by atoms with Gasteiger partial charge in [-0.05, 0) is 12.1 Å². The second kappa shape index (κ2) is 3.97. The normalized spacial score (nSPS) is 10.9. The first kappa shape index (κ1) is 9.96. The van der Waals surface area contributed by atoms with Crippen LogP contribution in [0.15, 0.2) is 41.1 Å². The highest BCUT2D eigenvalue weighted by Crippen LogP contribution is 2.20. The summed E-state index contributed by atoms with van der Waals surface area (Å²) in [6.45, 7) is 1.98. The number of rotatable bonds is 2. The van der Waals surface area contributed by atoms with Crippen molar-refractivity contribution in [3.8, 4) is 11.4 Å².